The van der Waals surface area contributed by atoms with Gasteiger partial charge in [0.05, 0.1) is 17.7 Å². The molecule has 2 aromatic carbocycles. The van der Waals surface area contributed by atoms with Crippen LogP contribution in [0, 0.1) is 25.2 Å². The molecule has 0 bridgehead atoms. The standard InChI is InChI=1S/C28H35BrN2O3/c1-5-7-8-9-10-11-15-34-27-24(29)17-22(18-26(27)33-6-2)16-23(19-30)28(32)31-25-14-12-13-20(3)21(25)4/h12-14,16-18H,5-11,15H2,1-4H3,(H,31,32)/b23-16-. The van der Waals surface area contributed by atoms with Gasteiger partial charge in [-0.15, -0.1) is 0 Å². The highest BCUT2D eigenvalue weighted by molar-refractivity contribution is 9.10. The Labute approximate surface area is 212 Å². The molecule has 0 aliphatic rings. The molecule has 2 aromatic rings. The van der Waals surface area contributed by atoms with Gasteiger partial charge in [-0.25, -0.2) is 0 Å². The molecule has 1 amide bonds. The Morgan fingerprint density at radius 3 is 2.53 bits per heavy atom. The number of nitrogens with zero attached hydrogens (tertiary/aromatic N) is 1. The summed E-state index contributed by atoms with van der Waals surface area (Å²) >= 11 is 3.57. The predicted molar refractivity (Wildman–Crippen MR) is 142 cm³/mol. The normalized spacial score (nSPS) is 11.1. The number of ether oxygens (including phenoxy) is 2. The van der Waals surface area contributed by atoms with E-state index in [1.54, 1.807) is 12.1 Å². The minimum absolute atomic E-state index is 0.0102. The Morgan fingerprint density at radius 2 is 1.82 bits per heavy atom. The molecular formula is C28H35BrN2O3. The van der Waals surface area contributed by atoms with Gasteiger partial charge in [0.15, 0.2) is 11.5 Å². The number of hydrogen-bond donors (Lipinski definition) is 1. The van der Waals surface area contributed by atoms with Gasteiger partial charge < -0.3 is 14.8 Å². The summed E-state index contributed by atoms with van der Waals surface area (Å²) < 4.78 is 12.6. The first-order chi connectivity index (χ1) is 16.4. The van der Waals surface area contributed by atoms with Crippen LogP contribution >= 0.6 is 15.9 Å². The van der Waals surface area contributed by atoms with Crippen LogP contribution in [0.1, 0.15) is 69.1 Å². The smallest absolute Gasteiger partial charge is 0.266 e. The van der Waals surface area contributed by atoms with E-state index in [0.29, 0.717) is 36.0 Å². The van der Waals surface area contributed by atoms with Gasteiger partial charge in [-0.2, -0.15) is 5.26 Å². The number of anilines is 1. The molecule has 0 saturated carbocycles. The quantitative estimate of drug-likeness (QED) is 0.164. The van der Waals surface area contributed by atoms with E-state index in [0.717, 1.165) is 28.4 Å². The van der Waals surface area contributed by atoms with Crippen molar-refractivity contribution >= 4 is 33.6 Å². The number of nitrogens with one attached hydrogen (secondary N) is 1. The number of benzene rings is 2. The first-order valence-corrected chi connectivity index (χ1v) is 12.8. The lowest BCUT2D eigenvalue weighted by molar-refractivity contribution is -0.112. The van der Waals surface area contributed by atoms with Crippen LogP contribution in [0.25, 0.3) is 6.08 Å². The highest BCUT2D eigenvalue weighted by atomic mass is 79.9. The second-order valence-corrected chi connectivity index (χ2v) is 9.10. The summed E-state index contributed by atoms with van der Waals surface area (Å²) in [6.07, 6.45) is 8.70. The fourth-order valence-electron chi connectivity index (χ4n) is 3.52. The molecular weight excluding hydrogens is 492 g/mol. The van der Waals surface area contributed by atoms with Gasteiger partial charge in [0.25, 0.3) is 5.91 Å². The summed E-state index contributed by atoms with van der Waals surface area (Å²) in [7, 11) is 0. The van der Waals surface area contributed by atoms with Crippen molar-refractivity contribution in [3.05, 3.63) is 57.1 Å². The van der Waals surface area contributed by atoms with Crippen molar-refractivity contribution in [2.24, 2.45) is 0 Å². The zero-order chi connectivity index (χ0) is 24.9. The van der Waals surface area contributed by atoms with Crippen molar-refractivity contribution in [1.82, 2.24) is 0 Å². The molecule has 0 aliphatic carbocycles. The maximum absolute atomic E-state index is 12.8. The van der Waals surface area contributed by atoms with Crippen LogP contribution in [0.5, 0.6) is 11.5 Å². The maximum Gasteiger partial charge on any atom is 0.266 e. The number of carbonyl (C=O) groups excluding carboxylic acids is 1. The Morgan fingerprint density at radius 1 is 1.09 bits per heavy atom. The predicted octanol–water partition coefficient (Wildman–Crippen LogP) is 7.75. The number of hydrogen-bond acceptors (Lipinski definition) is 4. The lowest BCUT2D eigenvalue weighted by Gasteiger charge is -2.15. The van der Waals surface area contributed by atoms with E-state index in [9.17, 15) is 10.1 Å². The van der Waals surface area contributed by atoms with Gasteiger partial charge >= 0.3 is 0 Å². The minimum Gasteiger partial charge on any atom is -0.490 e. The first kappa shape index (κ1) is 27.5. The highest BCUT2D eigenvalue weighted by Crippen LogP contribution is 2.37. The fourth-order valence-corrected chi connectivity index (χ4v) is 4.10. The third-order valence-corrected chi connectivity index (χ3v) is 6.19. The summed E-state index contributed by atoms with van der Waals surface area (Å²) in [6.45, 7) is 9.13. The Bertz CT molecular complexity index is 1040. The average Bonchev–Trinajstić information content (AvgIpc) is 2.81. The lowest BCUT2D eigenvalue weighted by Crippen LogP contribution is -2.14. The molecule has 0 aliphatic heterocycles. The van der Waals surface area contributed by atoms with E-state index in [4.69, 9.17) is 9.47 Å². The molecule has 0 aromatic heterocycles. The summed E-state index contributed by atoms with van der Waals surface area (Å²) in [4.78, 5) is 12.8. The number of halogens is 1. The molecule has 6 heteroatoms. The van der Waals surface area contributed by atoms with Gasteiger partial charge in [0.1, 0.15) is 11.6 Å². The number of amides is 1. The van der Waals surface area contributed by atoms with E-state index >= 15 is 0 Å². The molecule has 0 unspecified atom stereocenters. The molecule has 5 nitrogen and oxygen atoms in total. The highest BCUT2D eigenvalue weighted by Gasteiger charge is 2.15. The third-order valence-electron chi connectivity index (χ3n) is 5.60. The van der Waals surface area contributed by atoms with Crippen molar-refractivity contribution in [2.45, 2.75) is 66.2 Å². The van der Waals surface area contributed by atoms with E-state index in [1.807, 2.05) is 51.1 Å². The van der Waals surface area contributed by atoms with E-state index in [2.05, 4.69) is 28.2 Å². The topological polar surface area (TPSA) is 71.3 Å². The Balaban J connectivity index is 2.16. The van der Waals surface area contributed by atoms with E-state index in [1.165, 1.54) is 25.7 Å². The molecule has 0 radical (unpaired) electrons. The molecule has 182 valence electrons. The van der Waals surface area contributed by atoms with Crippen LogP contribution in [-0.4, -0.2) is 19.1 Å². The second-order valence-electron chi connectivity index (χ2n) is 8.25. The van der Waals surface area contributed by atoms with Gasteiger partial charge in [0.2, 0.25) is 0 Å². The fraction of sp³-hybridized carbons (Fsp3) is 0.429. The number of aryl methyl sites for hydroxylation is 1. The molecule has 0 heterocycles. The van der Waals surface area contributed by atoms with Crippen LogP contribution in [0.15, 0.2) is 40.4 Å². The molecule has 0 atom stereocenters. The van der Waals surface area contributed by atoms with Gasteiger partial charge in [-0.05, 0) is 84.1 Å². The van der Waals surface area contributed by atoms with Crippen LogP contribution in [0.4, 0.5) is 5.69 Å². The molecule has 0 fully saturated rings. The Hall–Kier alpha value is -2.78. The SMILES string of the molecule is CCCCCCCCOc1c(Br)cc(/C=C(/C#N)C(=O)Nc2cccc(C)c2C)cc1OCC. The largest absolute Gasteiger partial charge is 0.490 e. The van der Waals surface area contributed by atoms with Crippen LogP contribution in [0.3, 0.4) is 0 Å². The second kappa shape index (κ2) is 14.5. The van der Waals surface area contributed by atoms with Crippen molar-refractivity contribution < 1.29 is 14.3 Å². The molecule has 0 spiro atoms. The van der Waals surface area contributed by atoms with Gasteiger partial charge in [-0.1, -0.05) is 51.2 Å². The first-order valence-electron chi connectivity index (χ1n) is 12.0. The Kier molecular flexibility index (Phi) is 11.7. The van der Waals surface area contributed by atoms with Crippen molar-refractivity contribution in [3.8, 4) is 17.6 Å². The van der Waals surface area contributed by atoms with E-state index < -0.39 is 5.91 Å². The molecule has 34 heavy (non-hydrogen) atoms. The van der Waals surface area contributed by atoms with Crippen LogP contribution in [-0.2, 0) is 4.79 Å². The van der Waals surface area contributed by atoms with Gasteiger partial charge in [0, 0.05) is 5.69 Å². The third kappa shape index (κ3) is 8.22. The van der Waals surface area contributed by atoms with E-state index in [-0.39, 0.29) is 5.57 Å². The van der Waals surface area contributed by atoms with Crippen molar-refractivity contribution in [1.29, 1.82) is 5.26 Å². The van der Waals surface area contributed by atoms with Crippen LogP contribution in [0.2, 0.25) is 0 Å². The zero-order valence-corrected chi connectivity index (χ0v) is 22.3. The minimum atomic E-state index is -0.450. The zero-order valence-electron chi connectivity index (χ0n) is 20.7. The number of nitriles is 1. The van der Waals surface area contributed by atoms with Gasteiger partial charge in [-0.3, -0.25) is 4.79 Å². The summed E-state index contributed by atoms with van der Waals surface area (Å²) in [5, 5.41) is 12.5. The van der Waals surface area contributed by atoms with Crippen molar-refractivity contribution in [2.75, 3.05) is 18.5 Å². The number of carbonyl (C=O) groups is 1. The maximum atomic E-state index is 12.8. The lowest BCUT2D eigenvalue weighted by atomic mass is 10.1. The number of rotatable bonds is 13. The molecule has 1 N–H and O–H groups in total. The van der Waals surface area contributed by atoms with Crippen LogP contribution < -0.4 is 14.8 Å². The summed E-state index contributed by atoms with van der Waals surface area (Å²) in [5.74, 6) is 0.779. The van der Waals surface area contributed by atoms with Crippen molar-refractivity contribution in [3.63, 3.8) is 0 Å². The number of unbranched alkanes of at least 4 members (excludes halogenated alkanes) is 5. The average molecular weight is 528 g/mol. The molecule has 0 saturated heterocycles. The summed E-state index contributed by atoms with van der Waals surface area (Å²) in [5.41, 5.74) is 3.43. The molecule has 2 rings (SSSR count). The summed E-state index contributed by atoms with van der Waals surface area (Å²) in [6, 6.07) is 11.3. The monoisotopic (exact) mass is 526 g/mol.